The third-order valence-corrected chi connectivity index (χ3v) is 9.01. The highest BCUT2D eigenvalue weighted by Gasteiger charge is 2.46. The summed E-state index contributed by atoms with van der Waals surface area (Å²) in [5.74, 6) is -0.594. The number of carbonyl (C=O) groups is 2. The lowest BCUT2D eigenvalue weighted by Crippen LogP contribution is -2.61. The highest BCUT2D eigenvalue weighted by Crippen LogP contribution is 2.45. The van der Waals surface area contributed by atoms with E-state index in [2.05, 4.69) is 15.3 Å². The summed E-state index contributed by atoms with van der Waals surface area (Å²) < 4.78 is 23.7. The molecule has 6 rings (SSSR count). The molecule has 8 nitrogen and oxygen atoms in total. The van der Waals surface area contributed by atoms with Crippen LogP contribution in [0.1, 0.15) is 30.7 Å². The van der Waals surface area contributed by atoms with Gasteiger partial charge in [0.15, 0.2) is 14.9 Å². The first-order valence-electron chi connectivity index (χ1n) is 12.6. The van der Waals surface area contributed by atoms with Crippen LogP contribution in [0.2, 0.25) is 5.02 Å². The molecule has 1 N–H and O–H groups in total. The summed E-state index contributed by atoms with van der Waals surface area (Å²) in [5, 5.41) is 5.31. The van der Waals surface area contributed by atoms with Gasteiger partial charge in [0.25, 0.3) is 0 Å². The lowest BCUT2D eigenvalue weighted by atomic mass is 9.73. The number of hydrogen-bond donors (Lipinski definition) is 1. The first-order valence-corrected chi connectivity index (χ1v) is 14.9. The minimum Gasteiger partial charge on any atom is -0.334 e. The molecular formula is C29H25ClN4O4S. The van der Waals surface area contributed by atoms with Crippen molar-refractivity contribution in [1.82, 2.24) is 15.3 Å². The zero-order chi connectivity index (χ0) is 27.3. The second-order valence-corrected chi connectivity index (χ2v) is 12.5. The maximum absolute atomic E-state index is 13.7. The Morgan fingerprint density at radius 2 is 1.79 bits per heavy atom. The molecular weight excluding hydrogens is 536 g/mol. The van der Waals surface area contributed by atoms with Gasteiger partial charge >= 0.3 is 6.03 Å². The Hall–Kier alpha value is -3.82. The maximum atomic E-state index is 13.7. The summed E-state index contributed by atoms with van der Waals surface area (Å²) in [6, 6.07) is 15.6. The molecule has 2 aromatic heterocycles. The minimum absolute atomic E-state index is 0.00437. The first-order chi connectivity index (χ1) is 18.7. The third kappa shape index (κ3) is 4.55. The van der Waals surface area contributed by atoms with Gasteiger partial charge in [0.05, 0.1) is 17.8 Å². The van der Waals surface area contributed by atoms with Crippen LogP contribution in [0, 0.1) is 5.92 Å². The Morgan fingerprint density at radius 3 is 2.56 bits per heavy atom. The molecule has 1 saturated carbocycles. The number of rotatable bonds is 4. The molecule has 2 fully saturated rings. The Balaban J connectivity index is 1.29. The van der Waals surface area contributed by atoms with Crippen molar-refractivity contribution in [2.24, 2.45) is 5.92 Å². The number of carbonyl (C=O) groups excluding carboxylic acids is 2. The van der Waals surface area contributed by atoms with Crippen molar-refractivity contribution in [1.29, 1.82) is 0 Å². The standard InChI is InChI=1S/C29H25ClN4O4S/c1-39(37,38)26-12-10-19(15-32-26)21-7-4-8-23(30)27(21)17-9-11-22-24(13-17)33-29(36)34(28(22)35)25-16-31-14-18-5-2-3-6-20(18)25/h2-8,10,12,14-17,22,24H,9,11,13H2,1H3,(H,33,36). The van der Waals surface area contributed by atoms with Crippen LogP contribution in [0.5, 0.6) is 0 Å². The van der Waals surface area contributed by atoms with Gasteiger partial charge in [-0.05, 0) is 54.5 Å². The highest BCUT2D eigenvalue weighted by atomic mass is 35.5. The quantitative estimate of drug-likeness (QED) is 0.360. The van der Waals surface area contributed by atoms with Crippen molar-refractivity contribution < 1.29 is 18.0 Å². The minimum atomic E-state index is -3.42. The second kappa shape index (κ2) is 9.73. The Morgan fingerprint density at radius 1 is 0.974 bits per heavy atom. The molecule has 4 aromatic rings. The van der Waals surface area contributed by atoms with E-state index in [-0.39, 0.29) is 28.8 Å². The molecule has 0 radical (unpaired) electrons. The van der Waals surface area contributed by atoms with E-state index >= 15 is 0 Å². The molecule has 0 bridgehead atoms. The number of sulfone groups is 1. The second-order valence-electron chi connectivity index (χ2n) is 10.1. The molecule has 2 aromatic carbocycles. The molecule has 3 amide bonds. The van der Waals surface area contributed by atoms with Crippen LogP contribution in [0.15, 0.2) is 78.2 Å². The van der Waals surface area contributed by atoms with E-state index in [1.165, 1.54) is 11.0 Å². The molecule has 198 valence electrons. The molecule has 3 unspecified atom stereocenters. The summed E-state index contributed by atoms with van der Waals surface area (Å²) >= 11 is 6.72. The zero-order valence-corrected chi connectivity index (χ0v) is 22.6. The van der Waals surface area contributed by atoms with Crippen LogP contribution < -0.4 is 10.2 Å². The lowest BCUT2D eigenvalue weighted by molar-refractivity contribution is -0.124. The average Bonchev–Trinajstić information content (AvgIpc) is 2.92. The van der Waals surface area contributed by atoms with Crippen LogP contribution in [0.4, 0.5) is 10.5 Å². The topological polar surface area (TPSA) is 109 Å². The van der Waals surface area contributed by atoms with Crippen molar-refractivity contribution in [2.75, 3.05) is 11.2 Å². The molecule has 3 heterocycles. The molecule has 1 aliphatic heterocycles. The number of pyridine rings is 2. The number of benzene rings is 2. The van der Waals surface area contributed by atoms with Crippen molar-refractivity contribution in [2.45, 2.75) is 36.2 Å². The average molecular weight is 561 g/mol. The van der Waals surface area contributed by atoms with E-state index in [0.717, 1.165) is 33.7 Å². The summed E-state index contributed by atoms with van der Waals surface area (Å²) in [6.45, 7) is 0. The number of anilines is 1. The monoisotopic (exact) mass is 560 g/mol. The summed E-state index contributed by atoms with van der Waals surface area (Å²) in [6.07, 6.45) is 7.77. The van der Waals surface area contributed by atoms with Crippen molar-refractivity contribution in [3.8, 4) is 11.1 Å². The molecule has 1 saturated heterocycles. The van der Waals surface area contributed by atoms with Gasteiger partial charge < -0.3 is 5.32 Å². The number of hydrogen-bond acceptors (Lipinski definition) is 6. The number of aromatic nitrogens is 2. The maximum Gasteiger partial charge on any atom is 0.329 e. The van der Waals surface area contributed by atoms with Crippen molar-refractivity contribution in [3.63, 3.8) is 0 Å². The van der Waals surface area contributed by atoms with Crippen LogP contribution in [0.3, 0.4) is 0 Å². The van der Waals surface area contributed by atoms with Gasteiger partial charge in [-0.15, -0.1) is 0 Å². The number of halogens is 1. The number of imide groups is 1. The van der Waals surface area contributed by atoms with Crippen LogP contribution >= 0.6 is 11.6 Å². The number of nitrogens with zero attached hydrogens (tertiary/aromatic N) is 3. The first kappa shape index (κ1) is 25.5. The molecule has 2 aliphatic rings. The van der Waals surface area contributed by atoms with E-state index < -0.39 is 15.9 Å². The van der Waals surface area contributed by atoms with Gasteiger partial charge in [-0.3, -0.25) is 9.78 Å². The van der Waals surface area contributed by atoms with Gasteiger partial charge in [0.1, 0.15) is 0 Å². The molecule has 0 spiro atoms. The Bertz CT molecular complexity index is 1720. The van der Waals surface area contributed by atoms with Gasteiger partial charge in [-0.2, -0.15) is 0 Å². The van der Waals surface area contributed by atoms with E-state index in [4.69, 9.17) is 11.6 Å². The Labute approximate surface area is 231 Å². The summed E-state index contributed by atoms with van der Waals surface area (Å²) in [5.41, 5.74) is 3.00. The fourth-order valence-electron chi connectivity index (χ4n) is 5.85. The van der Waals surface area contributed by atoms with E-state index in [0.29, 0.717) is 30.0 Å². The number of nitrogens with one attached hydrogen (secondary N) is 1. The van der Waals surface area contributed by atoms with Crippen molar-refractivity contribution >= 4 is 49.8 Å². The van der Waals surface area contributed by atoms with Crippen LogP contribution in [-0.2, 0) is 14.6 Å². The van der Waals surface area contributed by atoms with Crippen LogP contribution in [-0.4, -0.2) is 42.6 Å². The van der Waals surface area contributed by atoms with Gasteiger partial charge in [-0.25, -0.2) is 23.1 Å². The number of urea groups is 1. The molecule has 10 heteroatoms. The number of amides is 3. The molecule has 1 aliphatic carbocycles. The third-order valence-electron chi connectivity index (χ3n) is 7.68. The molecule has 3 atom stereocenters. The predicted molar refractivity (Wildman–Crippen MR) is 149 cm³/mol. The summed E-state index contributed by atoms with van der Waals surface area (Å²) in [7, 11) is -3.42. The van der Waals surface area contributed by atoms with Crippen molar-refractivity contribution in [3.05, 3.63) is 83.8 Å². The van der Waals surface area contributed by atoms with E-state index in [1.807, 2.05) is 42.5 Å². The Kier molecular flexibility index (Phi) is 6.35. The highest BCUT2D eigenvalue weighted by molar-refractivity contribution is 7.90. The largest absolute Gasteiger partial charge is 0.334 e. The fourth-order valence-corrected chi connectivity index (χ4v) is 6.73. The SMILES string of the molecule is CS(=O)(=O)c1ccc(-c2cccc(Cl)c2C2CCC3C(=O)N(c4cncc5ccccc45)C(=O)NC3C2)cn1. The van der Waals surface area contributed by atoms with E-state index in [9.17, 15) is 18.0 Å². The normalized spacial score (nSPS) is 21.5. The fraction of sp³-hybridized carbons (Fsp3) is 0.241. The van der Waals surface area contributed by atoms with Gasteiger partial charge in [0.2, 0.25) is 5.91 Å². The zero-order valence-electron chi connectivity index (χ0n) is 21.0. The van der Waals surface area contributed by atoms with Crippen LogP contribution in [0.25, 0.3) is 21.9 Å². The predicted octanol–water partition coefficient (Wildman–Crippen LogP) is 5.36. The number of fused-ring (bicyclic) bond motifs is 2. The van der Waals surface area contributed by atoms with Gasteiger partial charge in [0, 0.05) is 46.0 Å². The molecule has 39 heavy (non-hydrogen) atoms. The van der Waals surface area contributed by atoms with E-state index in [1.54, 1.807) is 24.7 Å². The summed E-state index contributed by atoms with van der Waals surface area (Å²) in [4.78, 5) is 36.6. The van der Waals surface area contributed by atoms with Gasteiger partial charge in [-0.1, -0.05) is 48.0 Å². The smallest absolute Gasteiger partial charge is 0.329 e. The lowest BCUT2D eigenvalue weighted by Gasteiger charge is -2.43.